The van der Waals surface area contributed by atoms with Gasteiger partial charge >= 0.3 is 0 Å². The minimum atomic E-state index is -0.121. The molecule has 0 radical (unpaired) electrons. The summed E-state index contributed by atoms with van der Waals surface area (Å²) in [5.41, 5.74) is 3.83. The predicted molar refractivity (Wildman–Crippen MR) is 112 cm³/mol. The topological polar surface area (TPSA) is 87.7 Å². The highest BCUT2D eigenvalue weighted by atomic mass is 32.1. The molecule has 0 aliphatic rings. The van der Waals surface area contributed by atoms with Crippen LogP contribution in [0.4, 0.5) is 5.69 Å². The van der Waals surface area contributed by atoms with E-state index in [-0.39, 0.29) is 11.5 Å². The molecule has 0 saturated carbocycles. The third-order valence-electron chi connectivity index (χ3n) is 4.40. The van der Waals surface area contributed by atoms with Gasteiger partial charge in [0.05, 0.1) is 11.2 Å². The van der Waals surface area contributed by atoms with Crippen LogP contribution in [0.2, 0.25) is 0 Å². The number of aromatic nitrogens is 3. The molecule has 0 fully saturated rings. The monoisotopic (exact) mass is 390 g/mol. The number of aryl methyl sites for hydroxylation is 2. The van der Waals surface area contributed by atoms with Crippen LogP contribution >= 0.6 is 11.3 Å². The first-order valence-corrected chi connectivity index (χ1v) is 9.75. The molecule has 140 valence electrons. The van der Waals surface area contributed by atoms with Crippen LogP contribution in [-0.4, -0.2) is 20.9 Å². The van der Waals surface area contributed by atoms with Crippen molar-refractivity contribution in [3.63, 3.8) is 0 Å². The molecular formula is C21H18N4O2S. The maximum atomic E-state index is 12.3. The molecule has 4 rings (SSSR count). The molecule has 0 bridgehead atoms. The Morgan fingerprint density at radius 2 is 2.00 bits per heavy atom. The van der Waals surface area contributed by atoms with Crippen molar-refractivity contribution < 1.29 is 4.79 Å². The first kappa shape index (κ1) is 18.1. The second kappa shape index (κ2) is 7.74. The van der Waals surface area contributed by atoms with Crippen molar-refractivity contribution in [1.82, 2.24) is 15.0 Å². The molecule has 6 nitrogen and oxygen atoms in total. The molecule has 1 amide bonds. The summed E-state index contributed by atoms with van der Waals surface area (Å²) in [4.78, 5) is 35.5. The van der Waals surface area contributed by atoms with Gasteiger partial charge < -0.3 is 10.3 Å². The molecule has 7 heteroatoms. The van der Waals surface area contributed by atoms with Gasteiger partial charge in [-0.1, -0.05) is 6.07 Å². The second-order valence-electron chi connectivity index (χ2n) is 6.51. The average molecular weight is 390 g/mol. The molecule has 0 aliphatic heterocycles. The number of amides is 1. The number of pyridine rings is 2. The van der Waals surface area contributed by atoms with Crippen molar-refractivity contribution in [1.29, 1.82) is 0 Å². The van der Waals surface area contributed by atoms with Crippen LogP contribution in [0.3, 0.4) is 0 Å². The fourth-order valence-corrected chi connectivity index (χ4v) is 3.76. The Hall–Kier alpha value is -3.32. The van der Waals surface area contributed by atoms with Gasteiger partial charge in [-0.25, -0.2) is 4.98 Å². The molecule has 2 N–H and O–H groups in total. The Balaban J connectivity index is 1.40. The lowest BCUT2D eigenvalue weighted by Crippen LogP contribution is -2.13. The number of aromatic amines is 1. The van der Waals surface area contributed by atoms with Crippen molar-refractivity contribution in [2.24, 2.45) is 0 Å². The Morgan fingerprint density at radius 3 is 2.82 bits per heavy atom. The number of fused-ring (bicyclic) bond motifs is 1. The molecule has 28 heavy (non-hydrogen) atoms. The van der Waals surface area contributed by atoms with Crippen LogP contribution < -0.4 is 10.9 Å². The number of anilines is 1. The van der Waals surface area contributed by atoms with Crippen LogP contribution in [0, 0.1) is 6.92 Å². The summed E-state index contributed by atoms with van der Waals surface area (Å²) in [7, 11) is 0. The lowest BCUT2D eigenvalue weighted by Gasteiger charge is -2.06. The van der Waals surface area contributed by atoms with Gasteiger partial charge in [-0.05, 0) is 49.1 Å². The van der Waals surface area contributed by atoms with E-state index in [2.05, 4.69) is 20.3 Å². The lowest BCUT2D eigenvalue weighted by molar-refractivity contribution is -0.116. The van der Waals surface area contributed by atoms with E-state index in [9.17, 15) is 9.59 Å². The van der Waals surface area contributed by atoms with E-state index < -0.39 is 0 Å². The van der Waals surface area contributed by atoms with Gasteiger partial charge in [-0.15, -0.1) is 11.3 Å². The van der Waals surface area contributed by atoms with Crippen LogP contribution in [0.25, 0.3) is 21.5 Å². The zero-order valence-electron chi connectivity index (χ0n) is 15.2. The SMILES string of the molecule is Cc1cc2ccc(NC(=O)CCc3csc(-c4ccncc4)n3)cc2[nH]c1=O. The molecule has 1 aromatic carbocycles. The molecule has 3 heterocycles. The van der Waals surface area contributed by atoms with Crippen molar-refractivity contribution in [2.75, 3.05) is 5.32 Å². The smallest absolute Gasteiger partial charge is 0.251 e. The molecule has 0 saturated heterocycles. The number of nitrogens with one attached hydrogen (secondary N) is 2. The number of rotatable bonds is 5. The van der Waals surface area contributed by atoms with Crippen LogP contribution in [0.5, 0.6) is 0 Å². The largest absolute Gasteiger partial charge is 0.326 e. The van der Waals surface area contributed by atoms with E-state index in [1.54, 1.807) is 36.7 Å². The minimum Gasteiger partial charge on any atom is -0.326 e. The third-order valence-corrected chi connectivity index (χ3v) is 5.34. The zero-order chi connectivity index (χ0) is 19.5. The molecule has 0 spiro atoms. The molecule has 0 atom stereocenters. The number of benzene rings is 1. The van der Waals surface area contributed by atoms with Gasteiger partial charge in [-0.2, -0.15) is 0 Å². The second-order valence-corrected chi connectivity index (χ2v) is 7.37. The van der Waals surface area contributed by atoms with Crippen molar-refractivity contribution in [3.05, 3.63) is 75.8 Å². The third kappa shape index (κ3) is 3.99. The van der Waals surface area contributed by atoms with Gasteiger partial charge in [0.1, 0.15) is 5.01 Å². The van der Waals surface area contributed by atoms with Crippen molar-refractivity contribution in [2.45, 2.75) is 19.8 Å². The fraction of sp³-hybridized carbons (Fsp3) is 0.143. The molecule has 0 aliphatic carbocycles. The highest BCUT2D eigenvalue weighted by Crippen LogP contribution is 2.23. The van der Waals surface area contributed by atoms with Crippen molar-refractivity contribution >= 4 is 33.8 Å². The minimum absolute atomic E-state index is 0.0905. The first-order chi connectivity index (χ1) is 13.6. The standard InChI is InChI=1S/C21H18N4O2S/c1-13-10-15-2-3-16(11-18(15)25-20(13)27)23-19(26)5-4-17-12-28-21(24-17)14-6-8-22-9-7-14/h2-3,6-12H,4-5H2,1H3,(H,23,26)(H,25,27). The molecular weight excluding hydrogens is 372 g/mol. The lowest BCUT2D eigenvalue weighted by atomic mass is 10.1. The molecule has 0 unspecified atom stereocenters. The van der Waals surface area contributed by atoms with Gasteiger partial charge in [0.15, 0.2) is 0 Å². The highest BCUT2D eigenvalue weighted by Gasteiger charge is 2.08. The van der Waals surface area contributed by atoms with Crippen LogP contribution in [-0.2, 0) is 11.2 Å². The van der Waals surface area contributed by atoms with E-state index in [1.807, 2.05) is 35.7 Å². The summed E-state index contributed by atoms with van der Waals surface area (Å²) in [5.74, 6) is -0.0905. The summed E-state index contributed by atoms with van der Waals surface area (Å²) in [5, 5.41) is 6.72. The van der Waals surface area contributed by atoms with Gasteiger partial charge in [0.2, 0.25) is 5.91 Å². The summed E-state index contributed by atoms with van der Waals surface area (Å²) in [6, 6.07) is 11.2. The van der Waals surface area contributed by atoms with Crippen molar-refractivity contribution in [3.8, 4) is 10.6 Å². The summed E-state index contributed by atoms with van der Waals surface area (Å²) in [6.45, 7) is 1.77. The van der Waals surface area contributed by atoms with E-state index in [4.69, 9.17) is 0 Å². The Kier molecular flexibility index (Phi) is 4.99. The predicted octanol–water partition coefficient (Wildman–Crippen LogP) is 3.93. The number of carbonyl (C=O) groups excluding carboxylic acids is 1. The maximum absolute atomic E-state index is 12.3. The number of thiazole rings is 1. The number of hydrogen-bond donors (Lipinski definition) is 2. The Labute approximate surface area is 165 Å². The van der Waals surface area contributed by atoms with E-state index in [1.165, 1.54) is 0 Å². The summed E-state index contributed by atoms with van der Waals surface area (Å²) >= 11 is 1.56. The number of hydrogen-bond acceptors (Lipinski definition) is 5. The number of H-pyrrole nitrogens is 1. The first-order valence-electron chi connectivity index (χ1n) is 8.87. The molecule has 3 aromatic heterocycles. The van der Waals surface area contributed by atoms with E-state index >= 15 is 0 Å². The normalized spacial score (nSPS) is 10.9. The molecule has 4 aromatic rings. The zero-order valence-corrected chi connectivity index (χ0v) is 16.0. The Bertz CT molecular complexity index is 1200. The van der Waals surface area contributed by atoms with Gasteiger partial charge in [0, 0.05) is 41.0 Å². The van der Waals surface area contributed by atoms with Crippen LogP contribution in [0.1, 0.15) is 17.7 Å². The highest BCUT2D eigenvalue weighted by molar-refractivity contribution is 7.13. The fourth-order valence-electron chi connectivity index (χ4n) is 2.90. The quantitative estimate of drug-likeness (QED) is 0.540. The van der Waals surface area contributed by atoms with E-state index in [0.717, 1.165) is 21.7 Å². The summed E-state index contributed by atoms with van der Waals surface area (Å²) in [6.07, 6.45) is 4.38. The van der Waals surface area contributed by atoms with Crippen LogP contribution in [0.15, 0.2) is 59.0 Å². The average Bonchev–Trinajstić information content (AvgIpc) is 3.17. The van der Waals surface area contributed by atoms with Gasteiger partial charge in [0.25, 0.3) is 5.56 Å². The van der Waals surface area contributed by atoms with E-state index in [0.29, 0.717) is 29.6 Å². The number of carbonyl (C=O) groups is 1. The summed E-state index contributed by atoms with van der Waals surface area (Å²) < 4.78 is 0. The maximum Gasteiger partial charge on any atom is 0.251 e. The van der Waals surface area contributed by atoms with Gasteiger partial charge in [-0.3, -0.25) is 14.6 Å². The number of nitrogens with zero attached hydrogens (tertiary/aromatic N) is 2. The Morgan fingerprint density at radius 1 is 1.18 bits per heavy atom.